The summed E-state index contributed by atoms with van der Waals surface area (Å²) in [4.78, 5) is 13.5. The number of aryl methyl sites for hydroxylation is 2. The molecule has 48 heavy (non-hydrogen) atoms. The van der Waals surface area contributed by atoms with Crippen LogP contribution in [0.1, 0.15) is 11.6 Å². The lowest BCUT2D eigenvalue weighted by molar-refractivity contribution is 0.928. The molecule has 0 N–H and O–H groups in total. The predicted molar refractivity (Wildman–Crippen MR) is 201 cm³/mol. The van der Waals surface area contributed by atoms with E-state index in [0.29, 0.717) is 5.82 Å². The Hall–Kier alpha value is -6.19. The molecular formula is C45H31N3. The van der Waals surface area contributed by atoms with Crippen molar-refractivity contribution in [3.63, 3.8) is 0 Å². The van der Waals surface area contributed by atoms with Crippen LogP contribution in [-0.4, -0.2) is 15.0 Å². The van der Waals surface area contributed by atoms with E-state index in [9.17, 15) is 0 Å². The first-order valence-electron chi connectivity index (χ1n) is 16.4. The van der Waals surface area contributed by atoms with E-state index in [0.717, 1.165) is 22.8 Å². The SMILES string of the molecule is Cc1nc(C)nc(-c2ccc(-c3ccc4c(-c5ccc6ccccc6c5)c5ccccc5c(-c5ccc6ccccc6c5)c4c3)cc2)n1. The van der Waals surface area contributed by atoms with Crippen LogP contribution in [0.5, 0.6) is 0 Å². The molecule has 0 aliphatic rings. The zero-order valence-electron chi connectivity index (χ0n) is 26.8. The van der Waals surface area contributed by atoms with Gasteiger partial charge in [-0.15, -0.1) is 0 Å². The van der Waals surface area contributed by atoms with Gasteiger partial charge >= 0.3 is 0 Å². The highest BCUT2D eigenvalue weighted by Gasteiger charge is 2.18. The first kappa shape index (κ1) is 28.1. The normalized spacial score (nSPS) is 11.5. The monoisotopic (exact) mass is 613 g/mol. The summed E-state index contributed by atoms with van der Waals surface area (Å²) >= 11 is 0. The van der Waals surface area contributed by atoms with Crippen LogP contribution >= 0.6 is 0 Å². The maximum atomic E-state index is 4.58. The van der Waals surface area contributed by atoms with Gasteiger partial charge in [0.25, 0.3) is 0 Å². The van der Waals surface area contributed by atoms with Crippen LogP contribution in [0.4, 0.5) is 0 Å². The minimum Gasteiger partial charge on any atom is -0.219 e. The smallest absolute Gasteiger partial charge is 0.163 e. The summed E-state index contributed by atoms with van der Waals surface area (Å²) in [5.41, 5.74) is 8.25. The van der Waals surface area contributed by atoms with E-state index >= 15 is 0 Å². The highest BCUT2D eigenvalue weighted by atomic mass is 15.0. The molecule has 8 aromatic carbocycles. The lowest BCUT2D eigenvalue weighted by Gasteiger charge is -2.19. The van der Waals surface area contributed by atoms with E-state index in [1.165, 1.54) is 70.9 Å². The summed E-state index contributed by atoms with van der Waals surface area (Å²) in [6.45, 7) is 3.81. The van der Waals surface area contributed by atoms with Gasteiger partial charge in [-0.3, -0.25) is 0 Å². The Morgan fingerprint density at radius 2 is 0.750 bits per heavy atom. The molecule has 0 amide bonds. The van der Waals surface area contributed by atoms with Crippen LogP contribution < -0.4 is 0 Å². The molecule has 0 saturated heterocycles. The maximum absolute atomic E-state index is 4.58. The first-order valence-corrected chi connectivity index (χ1v) is 16.4. The third-order valence-corrected chi connectivity index (χ3v) is 9.44. The third-order valence-electron chi connectivity index (χ3n) is 9.44. The van der Waals surface area contributed by atoms with Crippen molar-refractivity contribution in [1.82, 2.24) is 15.0 Å². The molecule has 9 aromatic rings. The van der Waals surface area contributed by atoms with E-state index in [4.69, 9.17) is 0 Å². The quantitative estimate of drug-likeness (QED) is 0.185. The van der Waals surface area contributed by atoms with Crippen molar-refractivity contribution in [2.24, 2.45) is 0 Å². The topological polar surface area (TPSA) is 38.7 Å². The lowest BCUT2D eigenvalue weighted by atomic mass is 9.84. The number of hydrogen-bond donors (Lipinski definition) is 0. The molecule has 0 radical (unpaired) electrons. The van der Waals surface area contributed by atoms with Gasteiger partial charge in [0.15, 0.2) is 5.82 Å². The van der Waals surface area contributed by atoms with Gasteiger partial charge in [0, 0.05) is 5.56 Å². The molecule has 0 unspecified atom stereocenters. The Balaban J connectivity index is 1.31. The van der Waals surface area contributed by atoms with Gasteiger partial charge in [-0.25, -0.2) is 15.0 Å². The van der Waals surface area contributed by atoms with Crippen molar-refractivity contribution in [2.75, 3.05) is 0 Å². The molecule has 226 valence electrons. The van der Waals surface area contributed by atoms with Crippen LogP contribution in [0.3, 0.4) is 0 Å². The van der Waals surface area contributed by atoms with E-state index in [2.05, 4.69) is 167 Å². The largest absolute Gasteiger partial charge is 0.219 e. The number of hydrogen-bond acceptors (Lipinski definition) is 3. The molecule has 1 aromatic heterocycles. The van der Waals surface area contributed by atoms with Crippen molar-refractivity contribution in [3.8, 4) is 44.8 Å². The Labute approximate surface area is 279 Å². The Bertz CT molecular complexity index is 2670. The fraction of sp³-hybridized carbons (Fsp3) is 0.0444. The average molecular weight is 614 g/mol. The standard InChI is InChI=1S/C45H31N3/c1-28-46-29(2)48-45(47-28)33-19-15-32(16-20-33)36-23-24-41-42(27-36)44(38-22-18-31-10-4-6-12-35(31)26-38)40-14-8-7-13-39(40)43(41)37-21-17-30-9-3-5-11-34(30)25-37/h3-27H,1-2H3. The van der Waals surface area contributed by atoms with Gasteiger partial charge < -0.3 is 0 Å². The summed E-state index contributed by atoms with van der Waals surface area (Å²) < 4.78 is 0. The number of aromatic nitrogens is 3. The fourth-order valence-corrected chi connectivity index (χ4v) is 7.23. The molecule has 0 aliphatic carbocycles. The molecule has 1 heterocycles. The molecule has 0 spiro atoms. The number of benzene rings is 8. The average Bonchev–Trinajstić information content (AvgIpc) is 3.13. The van der Waals surface area contributed by atoms with Gasteiger partial charge in [-0.1, -0.05) is 133 Å². The van der Waals surface area contributed by atoms with E-state index in [1.807, 2.05) is 13.8 Å². The third kappa shape index (κ3) is 4.80. The van der Waals surface area contributed by atoms with Crippen LogP contribution in [-0.2, 0) is 0 Å². The van der Waals surface area contributed by atoms with Gasteiger partial charge in [0.1, 0.15) is 11.6 Å². The molecule has 3 nitrogen and oxygen atoms in total. The minimum atomic E-state index is 0.704. The first-order chi connectivity index (χ1) is 23.6. The van der Waals surface area contributed by atoms with Gasteiger partial charge in [0.05, 0.1) is 0 Å². The van der Waals surface area contributed by atoms with Gasteiger partial charge in [0.2, 0.25) is 0 Å². The number of fused-ring (bicyclic) bond motifs is 4. The summed E-state index contributed by atoms with van der Waals surface area (Å²) in [5.74, 6) is 2.16. The molecule has 9 rings (SSSR count). The minimum absolute atomic E-state index is 0.704. The second-order valence-corrected chi connectivity index (χ2v) is 12.5. The van der Waals surface area contributed by atoms with Gasteiger partial charge in [-0.05, 0) is 109 Å². The predicted octanol–water partition coefficient (Wildman–Crippen LogP) is 11.8. The van der Waals surface area contributed by atoms with Crippen LogP contribution in [0.25, 0.3) is 87.9 Å². The van der Waals surface area contributed by atoms with E-state index in [1.54, 1.807) is 0 Å². The highest BCUT2D eigenvalue weighted by molar-refractivity contribution is 6.22. The van der Waals surface area contributed by atoms with Crippen LogP contribution in [0, 0.1) is 13.8 Å². The van der Waals surface area contributed by atoms with Crippen molar-refractivity contribution in [1.29, 1.82) is 0 Å². The molecule has 0 saturated carbocycles. The second-order valence-electron chi connectivity index (χ2n) is 12.5. The molecule has 0 bridgehead atoms. The summed E-state index contributed by atoms with van der Waals surface area (Å²) in [6, 6.07) is 55.3. The second kappa shape index (κ2) is 11.3. The molecular weight excluding hydrogens is 583 g/mol. The summed E-state index contributed by atoms with van der Waals surface area (Å²) in [7, 11) is 0. The van der Waals surface area contributed by atoms with E-state index in [-0.39, 0.29) is 0 Å². The number of nitrogens with zero attached hydrogens (tertiary/aromatic N) is 3. The van der Waals surface area contributed by atoms with Crippen molar-refractivity contribution < 1.29 is 0 Å². The Morgan fingerprint density at radius 1 is 0.312 bits per heavy atom. The van der Waals surface area contributed by atoms with Crippen molar-refractivity contribution in [3.05, 3.63) is 163 Å². The zero-order chi connectivity index (χ0) is 32.2. The van der Waals surface area contributed by atoms with Crippen molar-refractivity contribution >= 4 is 43.1 Å². The fourth-order valence-electron chi connectivity index (χ4n) is 7.23. The van der Waals surface area contributed by atoms with Crippen molar-refractivity contribution in [2.45, 2.75) is 13.8 Å². The molecule has 0 atom stereocenters. The van der Waals surface area contributed by atoms with Crippen LogP contribution in [0.15, 0.2) is 152 Å². The van der Waals surface area contributed by atoms with E-state index < -0.39 is 0 Å². The van der Waals surface area contributed by atoms with Gasteiger partial charge in [-0.2, -0.15) is 0 Å². The molecule has 0 fully saturated rings. The molecule has 0 aliphatic heterocycles. The Morgan fingerprint density at radius 3 is 1.33 bits per heavy atom. The zero-order valence-corrected chi connectivity index (χ0v) is 26.8. The maximum Gasteiger partial charge on any atom is 0.163 e. The lowest BCUT2D eigenvalue weighted by Crippen LogP contribution is -1.98. The number of rotatable bonds is 4. The van der Waals surface area contributed by atoms with Crippen LogP contribution in [0.2, 0.25) is 0 Å². The summed E-state index contributed by atoms with van der Waals surface area (Å²) in [5, 5.41) is 9.94. The summed E-state index contributed by atoms with van der Waals surface area (Å²) in [6.07, 6.45) is 0. The molecule has 3 heteroatoms. The highest BCUT2D eigenvalue weighted by Crippen LogP contribution is 2.45. The Kier molecular flexibility index (Phi) is 6.58.